The van der Waals surface area contributed by atoms with Gasteiger partial charge in [-0.25, -0.2) is 9.80 Å². The third-order valence-electron chi connectivity index (χ3n) is 1.22. The van der Waals surface area contributed by atoms with Gasteiger partial charge >= 0.3 is 5.97 Å². The van der Waals surface area contributed by atoms with E-state index in [1.54, 1.807) is 0 Å². The van der Waals surface area contributed by atoms with Crippen LogP contribution in [0.4, 0.5) is 0 Å². The fraction of sp³-hybridized carbons (Fsp3) is 0.167. The first kappa shape index (κ1) is 7.46. The zero-order chi connectivity index (χ0) is 8.43. The van der Waals surface area contributed by atoms with Gasteiger partial charge in [0.25, 0.3) is 5.91 Å². The highest BCUT2D eigenvalue weighted by Crippen LogP contribution is 2.07. The number of carbonyl (C=O) groups excluding carboxylic acids is 1. The molecule has 0 spiro atoms. The van der Waals surface area contributed by atoms with E-state index in [1.807, 2.05) is 0 Å². The molecule has 5 heteroatoms. The minimum Gasteiger partial charge on any atom is -0.477 e. The number of hydrogen-bond donors (Lipinski definition) is 1. The molecule has 0 aromatic rings. The Morgan fingerprint density at radius 1 is 1.82 bits per heavy atom. The van der Waals surface area contributed by atoms with Gasteiger partial charge in [-0.1, -0.05) is 6.58 Å². The lowest BCUT2D eigenvalue weighted by atomic mass is 10.3. The Morgan fingerprint density at radius 2 is 2.45 bits per heavy atom. The molecule has 0 aromatic carbocycles. The Kier molecular flexibility index (Phi) is 1.72. The van der Waals surface area contributed by atoms with Gasteiger partial charge in [0, 0.05) is 6.20 Å². The van der Waals surface area contributed by atoms with E-state index >= 15 is 0 Å². The number of hydrazone groups is 1. The minimum atomic E-state index is -1.16. The standard InChI is InChI=1S/C6H6N2O3/c1-2-8-5(9)3-4(7-8)6(10)11/h2H,1,3H2,(H,10,11). The molecule has 1 aliphatic heterocycles. The largest absolute Gasteiger partial charge is 0.477 e. The summed E-state index contributed by atoms with van der Waals surface area (Å²) in [7, 11) is 0. The van der Waals surface area contributed by atoms with Crippen molar-refractivity contribution in [1.82, 2.24) is 5.01 Å². The van der Waals surface area contributed by atoms with Gasteiger partial charge in [0.1, 0.15) is 0 Å². The first-order chi connectivity index (χ1) is 5.15. The normalized spacial score (nSPS) is 16.5. The van der Waals surface area contributed by atoms with Gasteiger partial charge in [0.15, 0.2) is 5.71 Å². The van der Waals surface area contributed by atoms with Crippen molar-refractivity contribution in [3.05, 3.63) is 12.8 Å². The van der Waals surface area contributed by atoms with Crippen LogP contribution in [-0.2, 0) is 9.59 Å². The van der Waals surface area contributed by atoms with Crippen LogP contribution in [-0.4, -0.2) is 27.7 Å². The molecule has 0 atom stereocenters. The second-order valence-corrected chi connectivity index (χ2v) is 1.95. The van der Waals surface area contributed by atoms with Gasteiger partial charge in [0.05, 0.1) is 6.42 Å². The lowest BCUT2D eigenvalue weighted by Crippen LogP contribution is -2.14. The maximum absolute atomic E-state index is 10.8. The second kappa shape index (κ2) is 2.53. The predicted molar refractivity (Wildman–Crippen MR) is 36.7 cm³/mol. The Balaban J connectivity index is 2.82. The van der Waals surface area contributed by atoms with Gasteiger partial charge in [-0.15, -0.1) is 0 Å². The zero-order valence-electron chi connectivity index (χ0n) is 5.65. The summed E-state index contributed by atoms with van der Waals surface area (Å²) in [5.74, 6) is -1.53. The maximum Gasteiger partial charge on any atom is 0.352 e. The molecule has 58 valence electrons. The van der Waals surface area contributed by atoms with Crippen LogP contribution < -0.4 is 0 Å². The summed E-state index contributed by atoms with van der Waals surface area (Å²) in [4.78, 5) is 21.1. The van der Waals surface area contributed by atoms with Gasteiger partial charge in [0.2, 0.25) is 0 Å². The highest BCUT2D eigenvalue weighted by molar-refractivity contribution is 6.40. The number of aliphatic carboxylic acids is 1. The lowest BCUT2D eigenvalue weighted by Gasteiger charge is -2.00. The lowest BCUT2D eigenvalue weighted by molar-refractivity contribution is -0.130. The Labute approximate surface area is 62.6 Å². The molecular formula is C6H6N2O3. The molecule has 0 bridgehead atoms. The van der Waals surface area contributed by atoms with Crippen molar-refractivity contribution in [1.29, 1.82) is 0 Å². The van der Waals surface area contributed by atoms with Gasteiger partial charge in [-0.2, -0.15) is 5.10 Å². The van der Waals surface area contributed by atoms with Crippen molar-refractivity contribution in [3.8, 4) is 0 Å². The van der Waals surface area contributed by atoms with Crippen molar-refractivity contribution in [2.75, 3.05) is 0 Å². The smallest absolute Gasteiger partial charge is 0.352 e. The van der Waals surface area contributed by atoms with Crippen LogP contribution in [0.15, 0.2) is 17.9 Å². The molecule has 1 N–H and O–H groups in total. The Hall–Kier alpha value is -1.65. The Morgan fingerprint density at radius 3 is 2.73 bits per heavy atom. The third kappa shape index (κ3) is 1.26. The summed E-state index contributed by atoms with van der Waals surface area (Å²) in [6.45, 7) is 3.29. The van der Waals surface area contributed by atoms with E-state index in [-0.39, 0.29) is 18.0 Å². The number of rotatable bonds is 2. The van der Waals surface area contributed by atoms with Crippen molar-refractivity contribution < 1.29 is 14.7 Å². The van der Waals surface area contributed by atoms with Crippen LogP contribution in [0.3, 0.4) is 0 Å². The molecule has 1 heterocycles. The SMILES string of the molecule is C=CN1N=C(C(=O)O)CC1=O. The molecular weight excluding hydrogens is 148 g/mol. The molecule has 0 radical (unpaired) electrons. The summed E-state index contributed by atoms with van der Waals surface area (Å²) < 4.78 is 0. The van der Waals surface area contributed by atoms with Gasteiger partial charge in [-0.05, 0) is 0 Å². The predicted octanol–water partition coefficient (Wildman–Crippen LogP) is -0.197. The van der Waals surface area contributed by atoms with Crippen LogP contribution in [0.5, 0.6) is 0 Å². The molecule has 0 aliphatic carbocycles. The van der Waals surface area contributed by atoms with Crippen LogP contribution >= 0.6 is 0 Å². The molecule has 1 amide bonds. The first-order valence-electron chi connectivity index (χ1n) is 2.90. The van der Waals surface area contributed by atoms with E-state index in [2.05, 4.69) is 11.7 Å². The maximum atomic E-state index is 10.8. The fourth-order valence-corrected chi connectivity index (χ4v) is 0.706. The molecule has 0 saturated heterocycles. The topological polar surface area (TPSA) is 70.0 Å². The zero-order valence-corrected chi connectivity index (χ0v) is 5.65. The van der Waals surface area contributed by atoms with Crippen LogP contribution in [0, 0.1) is 0 Å². The van der Waals surface area contributed by atoms with Crippen molar-refractivity contribution in [2.24, 2.45) is 5.10 Å². The quantitative estimate of drug-likeness (QED) is 0.598. The molecule has 0 unspecified atom stereocenters. The third-order valence-corrected chi connectivity index (χ3v) is 1.22. The van der Waals surface area contributed by atoms with Crippen LogP contribution in [0.1, 0.15) is 6.42 Å². The molecule has 1 rings (SSSR count). The number of nitrogens with zero attached hydrogens (tertiary/aromatic N) is 2. The summed E-state index contributed by atoms with van der Waals surface area (Å²) in [5, 5.41) is 12.8. The molecule has 0 fully saturated rings. The minimum absolute atomic E-state index is 0.144. The van der Waals surface area contributed by atoms with E-state index < -0.39 is 5.97 Å². The number of carboxylic acids is 1. The molecule has 11 heavy (non-hydrogen) atoms. The average Bonchev–Trinajstić information content (AvgIpc) is 2.31. The van der Waals surface area contributed by atoms with Crippen molar-refractivity contribution >= 4 is 17.6 Å². The molecule has 0 saturated carbocycles. The number of amides is 1. The van der Waals surface area contributed by atoms with Gasteiger partial charge < -0.3 is 5.11 Å². The Bertz CT molecular complexity index is 257. The number of carboxylic acid groups (broad SMARTS) is 1. The van der Waals surface area contributed by atoms with Crippen LogP contribution in [0.2, 0.25) is 0 Å². The monoisotopic (exact) mass is 154 g/mol. The summed E-state index contributed by atoms with van der Waals surface area (Å²) in [6, 6.07) is 0. The molecule has 5 nitrogen and oxygen atoms in total. The van der Waals surface area contributed by atoms with E-state index in [0.717, 1.165) is 5.01 Å². The van der Waals surface area contributed by atoms with E-state index in [0.29, 0.717) is 0 Å². The second-order valence-electron chi connectivity index (χ2n) is 1.95. The fourth-order valence-electron chi connectivity index (χ4n) is 0.706. The van der Waals surface area contributed by atoms with Crippen LogP contribution in [0.25, 0.3) is 0 Å². The van der Waals surface area contributed by atoms with Gasteiger partial charge in [-0.3, -0.25) is 4.79 Å². The summed E-state index contributed by atoms with van der Waals surface area (Å²) >= 11 is 0. The van der Waals surface area contributed by atoms with E-state index in [1.165, 1.54) is 6.20 Å². The molecule has 1 aliphatic rings. The highest BCUT2D eigenvalue weighted by Gasteiger charge is 2.25. The van der Waals surface area contributed by atoms with E-state index in [4.69, 9.17) is 5.11 Å². The average molecular weight is 154 g/mol. The van der Waals surface area contributed by atoms with Crippen molar-refractivity contribution in [3.63, 3.8) is 0 Å². The first-order valence-corrected chi connectivity index (χ1v) is 2.90. The van der Waals surface area contributed by atoms with E-state index in [9.17, 15) is 9.59 Å². The number of hydrogen-bond acceptors (Lipinski definition) is 3. The summed E-state index contributed by atoms with van der Waals surface area (Å²) in [6.07, 6.45) is 1.03. The molecule has 0 aromatic heterocycles. The van der Waals surface area contributed by atoms with Crippen molar-refractivity contribution in [2.45, 2.75) is 6.42 Å². The summed E-state index contributed by atoms with van der Waals surface area (Å²) in [5.41, 5.74) is -0.144. The highest BCUT2D eigenvalue weighted by atomic mass is 16.4. The number of carbonyl (C=O) groups is 2.